The van der Waals surface area contributed by atoms with Gasteiger partial charge in [-0.2, -0.15) is 8.42 Å². The van der Waals surface area contributed by atoms with E-state index in [0.29, 0.717) is 10.8 Å². The van der Waals surface area contributed by atoms with Gasteiger partial charge in [0, 0.05) is 0 Å². The minimum Gasteiger partial charge on any atom is -0.872 e. The largest absolute Gasteiger partial charge is 1.00 e. The average Bonchev–Trinajstić information content (AvgIpc) is 2.16. The third-order valence-electron chi connectivity index (χ3n) is 2.11. The monoisotopic (exact) mass is 262 g/mol. The van der Waals surface area contributed by atoms with Gasteiger partial charge in [-0.15, -0.1) is 5.75 Å². The van der Waals surface area contributed by atoms with Gasteiger partial charge >= 0.3 is 51.4 Å². The molecular formula is C10H7KO4S. The Bertz CT molecular complexity index is 622. The maximum Gasteiger partial charge on any atom is 1.00 e. The van der Waals surface area contributed by atoms with Crippen molar-refractivity contribution in [1.82, 2.24) is 0 Å². The zero-order chi connectivity index (χ0) is 11.1. The van der Waals surface area contributed by atoms with Crippen LogP contribution in [0.3, 0.4) is 0 Å². The molecule has 0 atom stereocenters. The minimum atomic E-state index is -4.21. The number of hydrogen-bond acceptors (Lipinski definition) is 3. The Hall–Kier alpha value is 0.0464. The van der Waals surface area contributed by atoms with E-state index in [-0.39, 0.29) is 62.0 Å². The summed E-state index contributed by atoms with van der Waals surface area (Å²) in [5.74, 6) is -0.172. The molecular weight excluding hydrogens is 255 g/mol. The summed E-state index contributed by atoms with van der Waals surface area (Å²) in [5, 5.41) is 12.3. The molecule has 0 unspecified atom stereocenters. The van der Waals surface area contributed by atoms with Gasteiger partial charge in [-0.05, 0) is 22.9 Å². The van der Waals surface area contributed by atoms with Crippen LogP contribution in [0, 0.1) is 0 Å². The number of hydrogen-bond donors (Lipinski definition) is 1. The summed E-state index contributed by atoms with van der Waals surface area (Å²) < 4.78 is 30.5. The first-order valence-corrected chi connectivity index (χ1v) is 5.60. The van der Waals surface area contributed by atoms with Gasteiger partial charge < -0.3 is 5.11 Å². The molecule has 0 bridgehead atoms. The standard InChI is InChI=1S/C10H8O4S.K/c11-10-3-1-2-7-6-8(15(12,13)14)4-5-9(7)10;/h1-6,11H,(H,12,13,14);/q;+1/p-1. The summed E-state index contributed by atoms with van der Waals surface area (Å²) in [6.07, 6.45) is 0. The molecule has 2 aromatic carbocycles. The molecule has 2 aromatic rings. The number of rotatable bonds is 1. The van der Waals surface area contributed by atoms with E-state index >= 15 is 0 Å². The Morgan fingerprint density at radius 3 is 2.44 bits per heavy atom. The van der Waals surface area contributed by atoms with E-state index in [1.165, 1.54) is 24.3 Å². The SMILES string of the molecule is O=S(=O)(O)c1ccc2c([O-])cccc2c1.[K+]. The van der Waals surface area contributed by atoms with E-state index in [4.69, 9.17) is 4.55 Å². The van der Waals surface area contributed by atoms with Crippen molar-refractivity contribution >= 4 is 20.9 Å². The van der Waals surface area contributed by atoms with Crippen LogP contribution in [-0.4, -0.2) is 13.0 Å². The van der Waals surface area contributed by atoms with Crippen LogP contribution in [-0.2, 0) is 10.1 Å². The molecule has 0 saturated carbocycles. The predicted octanol–water partition coefficient (Wildman–Crippen LogP) is -1.84. The van der Waals surface area contributed by atoms with Gasteiger partial charge in [0.25, 0.3) is 10.1 Å². The van der Waals surface area contributed by atoms with Gasteiger partial charge in [0.15, 0.2) is 0 Å². The van der Waals surface area contributed by atoms with Crippen LogP contribution in [0.2, 0.25) is 0 Å². The zero-order valence-electron chi connectivity index (χ0n) is 8.54. The summed E-state index contributed by atoms with van der Waals surface area (Å²) in [7, 11) is -4.21. The van der Waals surface area contributed by atoms with Gasteiger partial charge in [0.1, 0.15) is 0 Å². The van der Waals surface area contributed by atoms with E-state index in [2.05, 4.69) is 0 Å². The third-order valence-corrected chi connectivity index (χ3v) is 2.96. The Labute approximate surface area is 135 Å². The molecule has 0 saturated heterocycles. The first-order chi connectivity index (χ1) is 6.98. The second-order valence-electron chi connectivity index (χ2n) is 3.11. The fourth-order valence-corrected chi connectivity index (χ4v) is 1.91. The van der Waals surface area contributed by atoms with Crippen LogP contribution in [0.15, 0.2) is 41.3 Å². The van der Waals surface area contributed by atoms with Crippen LogP contribution in [0.4, 0.5) is 0 Å². The fraction of sp³-hybridized carbons (Fsp3) is 0. The quantitative estimate of drug-likeness (QED) is 0.484. The summed E-state index contributed by atoms with van der Waals surface area (Å²) in [5.41, 5.74) is 0. The molecule has 6 heteroatoms. The van der Waals surface area contributed by atoms with Gasteiger partial charge in [-0.3, -0.25) is 4.55 Å². The van der Waals surface area contributed by atoms with Crippen molar-refractivity contribution in [3.63, 3.8) is 0 Å². The fourth-order valence-electron chi connectivity index (χ4n) is 1.39. The third kappa shape index (κ3) is 2.83. The molecule has 0 heterocycles. The molecule has 0 fully saturated rings. The van der Waals surface area contributed by atoms with Gasteiger partial charge in [0.2, 0.25) is 0 Å². The maximum atomic E-state index is 11.3. The second kappa shape index (κ2) is 5.13. The van der Waals surface area contributed by atoms with Crippen LogP contribution >= 0.6 is 0 Å². The smallest absolute Gasteiger partial charge is 0.872 e. The van der Waals surface area contributed by atoms with E-state index in [1.54, 1.807) is 12.1 Å². The molecule has 1 N–H and O–H groups in total. The summed E-state index contributed by atoms with van der Waals surface area (Å²) in [6.45, 7) is 0. The molecule has 0 aliphatic carbocycles. The summed E-state index contributed by atoms with van der Waals surface area (Å²) in [6, 6.07) is 8.42. The summed E-state index contributed by atoms with van der Waals surface area (Å²) >= 11 is 0. The van der Waals surface area contributed by atoms with Crippen molar-refractivity contribution in [2.45, 2.75) is 4.90 Å². The molecule has 0 aliphatic heterocycles. The Morgan fingerprint density at radius 2 is 1.81 bits per heavy atom. The summed E-state index contributed by atoms with van der Waals surface area (Å²) in [4.78, 5) is -0.208. The molecule has 4 nitrogen and oxygen atoms in total. The van der Waals surface area contributed by atoms with Crippen molar-refractivity contribution < 1.29 is 69.5 Å². The average molecular weight is 262 g/mol. The van der Waals surface area contributed by atoms with Crippen LogP contribution in [0.25, 0.3) is 10.8 Å². The molecule has 0 radical (unpaired) electrons. The van der Waals surface area contributed by atoms with Crippen molar-refractivity contribution in [1.29, 1.82) is 0 Å². The van der Waals surface area contributed by atoms with E-state index in [0.717, 1.165) is 0 Å². The first kappa shape index (κ1) is 14.1. The van der Waals surface area contributed by atoms with Crippen LogP contribution in [0.5, 0.6) is 5.75 Å². The van der Waals surface area contributed by atoms with E-state index in [1.807, 2.05) is 0 Å². The maximum absolute atomic E-state index is 11.3. The van der Waals surface area contributed by atoms with Crippen molar-refractivity contribution in [2.24, 2.45) is 0 Å². The molecule has 16 heavy (non-hydrogen) atoms. The molecule has 78 valence electrons. The van der Waals surface area contributed by atoms with Crippen molar-refractivity contribution in [2.75, 3.05) is 0 Å². The van der Waals surface area contributed by atoms with Gasteiger partial charge in [-0.1, -0.05) is 24.3 Å². The molecule has 0 aromatic heterocycles. The Kier molecular flexibility index (Phi) is 4.53. The minimum absolute atomic E-state index is 0. The van der Waals surface area contributed by atoms with Gasteiger partial charge in [-0.25, -0.2) is 0 Å². The number of benzene rings is 2. The van der Waals surface area contributed by atoms with Crippen molar-refractivity contribution in [3.8, 4) is 5.75 Å². The van der Waals surface area contributed by atoms with Crippen molar-refractivity contribution in [3.05, 3.63) is 36.4 Å². The Morgan fingerprint density at radius 1 is 1.12 bits per heavy atom. The van der Waals surface area contributed by atoms with Gasteiger partial charge in [0.05, 0.1) is 4.90 Å². The van der Waals surface area contributed by atoms with Crippen LogP contribution in [0.1, 0.15) is 0 Å². The molecule has 0 aliphatic rings. The predicted molar refractivity (Wildman–Crippen MR) is 53.2 cm³/mol. The zero-order valence-corrected chi connectivity index (χ0v) is 12.5. The Balaban J connectivity index is 0.00000128. The van der Waals surface area contributed by atoms with Crippen LogP contribution < -0.4 is 56.5 Å². The normalized spacial score (nSPS) is 11.1. The molecule has 2 rings (SSSR count). The number of fused-ring (bicyclic) bond motifs is 1. The molecule has 0 spiro atoms. The first-order valence-electron chi connectivity index (χ1n) is 4.16. The van der Waals surface area contributed by atoms with E-state index in [9.17, 15) is 13.5 Å². The second-order valence-corrected chi connectivity index (χ2v) is 4.54. The molecule has 0 amide bonds. The topological polar surface area (TPSA) is 77.4 Å². The van der Waals surface area contributed by atoms with E-state index < -0.39 is 10.1 Å².